The van der Waals surface area contributed by atoms with E-state index in [0.717, 1.165) is 11.1 Å². The number of nitrogens with one attached hydrogen (secondary N) is 1. The van der Waals surface area contributed by atoms with Crippen LogP contribution < -0.4 is 4.74 Å². The minimum atomic E-state index is -0.0395. The van der Waals surface area contributed by atoms with Gasteiger partial charge in [-0.05, 0) is 136 Å². The van der Waals surface area contributed by atoms with Gasteiger partial charge in [0.25, 0.3) is 0 Å². The Morgan fingerprint density at radius 3 is 1.95 bits per heavy atom. The first-order valence-electron chi connectivity index (χ1n) is 11.4. The number of carbonyl (C=O) groups is 1. The highest BCUT2D eigenvalue weighted by Gasteiger charge is 2.10. The summed E-state index contributed by atoms with van der Waals surface area (Å²) in [6.45, 7) is 1.91. The van der Waals surface area contributed by atoms with Crippen molar-refractivity contribution in [3.63, 3.8) is 0 Å². The van der Waals surface area contributed by atoms with Crippen LogP contribution in [-0.4, -0.2) is 26.3 Å². The zero-order valence-electron chi connectivity index (χ0n) is 21.8. The predicted molar refractivity (Wildman–Crippen MR) is 164 cm³/mol. The number of aldehydes is 1. The Labute approximate surface area is 252 Å². The lowest BCUT2D eigenvalue weighted by Gasteiger charge is -2.10. The first-order valence-corrected chi connectivity index (χ1v) is 12.1. The second-order valence-electron chi connectivity index (χ2n) is 6.84. The number of phenolic OH excluding ortho intramolecular Hbond substituents is 1. The summed E-state index contributed by atoms with van der Waals surface area (Å²) in [4.78, 5) is 22.1. The summed E-state index contributed by atoms with van der Waals surface area (Å²) >= 11 is 3.20. The number of carbonyl (C=O) groups excluding carboxylic acids is 1. The number of ether oxygens (including phenoxy) is 1. The molecule has 0 spiro atoms. The van der Waals surface area contributed by atoms with Gasteiger partial charge in [-0.15, -0.1) is 6.42 Å². The Balaban J connectivity index is 0.000000293. The van der Waals surface area contributed by atoms with Gasteiger partial charge in [0, 0.05) is 33.6 Å². The third kappa shape index (κ3) is 11.7. The van der Waals surface area contributed by atoms with E-state index in [-0.39, 0.29) is 18.1 Å². The fraction of sp³-hybridized carbons (Fsp3) is 0.0571. The molecule has 3 aromatic rings. The number of aromatic amines is 1. The molecule has 2 N–H and O–H groups in total. The summed E-state index contributed by atoms with van der Waals surface area (Å²) < 4.78 is 6.11. The maximum Gasteiger partial charge on any atom is 0.177 e. The van der Waals surface area contributed by atoms with E-state index < -0.39 is 0 Å². The smallest absolute Gasteiger partial charge is 0.177 e. The van der Waals surface area contributed by atoms with Crippen LogP contribution in [0.3, 0.4) is 0 Å². The Morgan fingerprint density at radius 1 is 0.881 bits per heavy atom. The molecular weight excluding hydrogens is 590 g/mol. The Hall–Kier alpha value is -6.81. The summed E-state index contributed by atoms with van der Waals surface area (Å²) in [6, 6.07) is 4.71. The van der Waals surface area contributed by atoms with Gasteiger partial charge in [0.1, 0.15) is 6.61 Å². The van der Waals surface area contributed by atoms with Crippen molar-refractivity contribution in [3.8, 4) is 130 Å². The van der Waals surface area contributed by atoms with Crippen LogP contribution in [0, 0.1) is 119 Å². The summed E-state index contributed by atoms with van der Waals surface area (Å²) in [5, 5.41) is 9.86. The average Bonchev–Trinajstić information content (AvgIpc) is 3.48. The van der Waals surface area contributed by atoms with Gasteiger partial charge in [-0.2, -0.15) is 0 Å². The molecule has 0 saturated carbocycles. The number of halogens is 1. The highest BCUT2D eigenvalue weighted by atomic mass is 79.9. The molecule has 42 heavy (non-hydrogen) atoms. The number of phenols is 1. The minimum Gasteiger partial charge on any atom is -0.504 e. The molecule has 2 heterocycles. The molecule has 0 bridgehead atoms. The number of hydrogen-bond donors (Lipinski definition) is 2. The Kier molecular flexibility index (Phi) is 14.4. The van der Waals surface area contributed by atoms with E-state index in [0.29, 0.717) is 22.0 Å². The maximum atomic E-state index is 10.9. The molecular formula is C35H14BrN3O3. The van der Waals surface area contributed by atoms with Crippen LogP contribution in [0.5, 0.6) is 11.5 Å². The number of imidazole rings is 1. The van der Waals surface area contributed by atoms with Crippen LogP contribution in [-0.2, 0) is 6.61 Å². The highest BCUT2D eigenvalue weighted by molar-refractivity contribution is 9.10. The number of benzene rings is 1. The topological polar surface area (TPSA) is 88.1 Å². The number of aromatic nitrogens is 3. The van der Waals surface area contributed by atoms with E-state index in [1.54, 1.807) is 25.5 Å². The van der Waals surface area contributed by atoms with Gasteiger partial charge in [-0.3, -0.25) is 4.79 Å². The normalized spacial score (nSPS) is 7.26. The maximum absolute atomic E-state index is 10.9. The molecule has 0 aliphatic rings. The molecule has 2 aromatic heterocycles. The van der Waals surface area contributed by atoms with E-state index in [2.05, 4.69) is 143 Å². The van der Waals surface area contributed by atoms with Crippen molar-refractivity contribution in [1.82, 2.24) is 15.0 Å². The molecule has 0 atom stereocenters. The number of aromatic hydroxyl groups is 1. The van der Waals surface area contributed by atoms with Crippen LogP contribution >= 0.6 is 15.9 Å². The van der Waals surface area contributed by atoms with Crippen molar-refractivity contribution in [2.24, 2.45) is 0 Å². The van der Waals surface area contributed by atoms with Gasteiger partial charge in [0.15, 0.2) is 23.4 Å². The number of nitrogens with zero attached hydrogens (tertiary/aromatic N) is 2. The highest BCUT2D eigenvalue weighted by Crippen LogP contribution is 2.32. The molecule has 0 aliphatic heterocycles. The van der Waals surface area contributed by atoms with Gasteiger partial charge in [-0.25, -0.2) is 9.97 Å². The number of H-pyrrole nitrogens is 1. The molecule has 0 radical (unpaired) electrons. The van der Waals surface area contributed by atoms with Crippen LogP contribution in [0.4, 0.5) is 0 Å². The molecule has 0 saturated heterocycles. The van der Waals surface area contributed by atoms with Crippen LogP contribution in [0.25, 0.3) is 11.2 Å². The quantitative estimate of drug-likeness (QED) is 0.352. The van der Waals surface area contributed by atoms with Crippen LogP contribution in [0.1, 0.15) is 22.8 Å². The molecule has 0 aliphatic carbocycles. The first kappa shape index (κ1) is 31.4. The number of hydrogen-bond acceptors (Lipinski definition) is 5. The second kappa shape index (κ2) is 19.3. The predicted octanol–water partition coefficient (Wildman–Crippen LogP) is 3.49. The monoisotopic (exact) mass is 603 g/mol. The van der Waals surface area contributed by atoms with Gasteiger partial charge in [0.2, 0.25) is 0 Å². The van der Waals surface area contributed by atoms with Gasteiger partial charge in [0.05, 0.1) is 11.8 Å². The van der Waals surface area contributed by atoms with E-state index >= 15 is 0 Å². The molecule has 194 valence electrons. The lowest BCUT2D eigenvalue weighted by molar-refractivity contribution is 0.112. The van der Waals surface area contributed by atoms with Crippen molar-refractivity contribution in [2.75, 3.05) is 0 Å². The van der Waals surface area contributed by atoms with Crippen LogP contribution in [0.15, 0.2) is 35.2 Å². The molecule has 0 amide bonds. The zero-order chi connectivity index (χ0) is 30.3. The second-order valence-corrected chi connectivity index (χ2v) is 7.69. The average molecular weight is 604 g/mol. The molecule has 7 heteroatoms. The van der Waals surface area contributed by atoms with Crippen molar-refractivity contribution < 1.29 is 14.6 Å². The third-order valence-corrected chi connectivity index (χ3v) is 4.89. The molecule has 0 unspecified atom stereocenters. The van der Waals surface area contributed by atoms with Gasteiger partial charge < -0.3 is 14.8 Å². The minimum absolute atomic E-state index is 0.0395. The van der Waals surface area contributed by atoms with E-state index in [1.807, 2.05) is 0 Å². The SMILES string of the molecule is C#CC#CC#CC#CC#CC#CC#CC#CC#CC#CC.O=Cc1cc(OCc2ccnc3nc[nH]c23)c(O)cc1Br. The number of terminal acetylenes is 1. The molecule has 3 rings (SSSR count). The van der Waals surface area contributed by atoms with Crippen molar-refractivity contribution in [2.45, 2.75) is 13.5 Å². The molecule has 0 fully saturated rings. The first-order chi connectivity index (χ1) is 20.6. The Morgan fingerprint density at radius 2 is 1.43 bits per heavy atom. The third-order valence-electron chi connectivity index (χ3n) is 4.20. The van der Waals surface area contributed by atoms with E-state index in [4.69, 9.17) is 11.2 Å². The largest absolute Gasteiger partial charge is 0.504 e. The summed E-state index contributed by atoms with van der Waals surface area (Å²) in [7, 11) is 0. The number of rotatable bonds is 4. The fourth-order valence-corrected chi connectivity index (χ4v) is 2.93. The van der Waals surface area contributed by atoms with E-state index in [9.17, 15) is 9.90 Å². The standard InChI is InChI=1S/C21H4.C14H10BrN3O3/c1-3-5-7-9-11-13-15-17-19-21-20-18-16-14-12-10-8-6-4-2;15-10-4-11(20)12(3-9(10)5-19)21-6-8-1-2-16-14-13(8)17-7-18-14/h1H,2H3;1-5,7,20H,6H2,(H,16,17,18). The summed E-state index contributed by atoms with van der Waals surface area (Å²) in [6.07, 6.45) is 8.79. The summed E-state index contributed by atoms with van der Waals surface area (Å²) in [5.41, 5.74) is 2.64. The Bertz CT molecular complexity index is 2120. The van der Waals surface area contributed by atoms with Gasteiger partial charge >= 0.3 is 0 Å². The zero-order valence-corrected chi connectivity index (χ0v) is 23.4. The number of fused-ring (bicyclic) bond motifs is 1. The molecule has 6 nitrogen and oxygen atoms in total. The van der Waals surface area contributed by atoms with Crippen molar-refractivity contribution >= 4 is 33.4 Å². The fourth-order valence-electron chi connectivity index (χ4n) is 2.51. The van der Waals surface area contributed by atoms with Crippen molar-refractivity contribution in [1.29, 1.82) is 0 Å². The van der Waals surface area contributed by atoms with Crippen LogP contribution in [0.2, 0.25) is 0 Å². The summed E-state index contributed by atoms with van der Waals surface area (Å²) in [5.74, 6) is 47.1. The molecule has 1 aromatic carbocycles. The lowest BCUT2D eigenvalue weighted by atomic mass is 10.2. The van der Waals surface area contributed by atoms with Gasteiger partial charge in [-0.1, -0.05) is 5.92 Å². The lowest BCUT2D eigenvalue weighted by Crippen LogP contribution is -1.98. The number of pyridine rings is 1. The van der Waals surface area contributed by atoms with E-state index in [1.165, 1.54) is 12.1 Å². The van der Waals surface area contributed by atoms with Crippen molar-refractivity contribution in [3.05, 3.63) is 46.3 Å².